The molecule has 1 heterocycles. The van der Waals surface area contributed by atoms with Gasteiger partial charge in [-0.15, -0.1) is 0 Å². The standard InChI is InChI=1S/C18H25N3O3/c1-18(2,3)24-17(22)20-11-14(19)10-13-9-12-7-5-6-8-15(12)21-16(13)23-4/h5-9,14H,10-11,19H2,1-4H3,(H,20,22). The second-order valence-corrected chi connectivity index (χ2v) is 6.70. The molecule has 6 nitrogen and oxygen atoms in total. The van der Waals surface area contributed by atoms with Gasteiger partial charge >= 0.3 is 6.09 Å². The van der Waals surface area contributed by atoms with E-state index in [2.05, 4.69) is 10.3 Å². The van der Waals surface area contributed by atoms with E-state index in [1.807, 2.05) is 51.1 Å². The normalized spacial score (nSPS) is 12.7. The summed E-state index contributed by atoms with van der Waals surface area (Å²) in [5.41, 5.74) is 7.39. The fourth-order valence-electron chi connectivity index (χ4n) is 2.35. The highest BCUT2D eigenvalue weighted by Crippen LogP contribution is 2.23. The number of nitrogens with two attached hydrogens (primary N) is 1. The van der Waals surface area contributed by atoms with E-state index in [-0.39, 0.29) is 6.04 Å². The van der Waals surface area contributed by atoms with Gasteiger partial charge in [0.25, 0.3) is 0 Å². The fraction of sp³-hybridized carbons (Fsp3) is 0.444. The monoisotopic (exact) mass is 331 g/mol. The lowest BCUT2D eigenvalue weighted by atomic mass is 10.1. The minimum atomic E-state index is -0.528. The van der Waals surface area contributed by atoms with Crippen LogP contribution in [0.4, 0.5) is 4.79 Å². The molecule has 0 bridgehead atoms. The van der Waals surface area contributed by atoms with Gasteiger partial charge in [0.15, 0.2) is 0 Å². The van der Waals surface area contributed by atoms with Crippen LogP contribution < -0.4 is 15.8 Å². The van der Waals surface area contributed by atoms with E-state index in [9.17, 15) is 4.79 Å². The van der Waals surface area contributed by atoms with E-state index in [1.165, 1.54) is 0 Å². The first-order valence-electron chi connectivity index (χ1n) is 7.93. The van der Waals surface area contributed by atoms with Crippen LogP contribution in [0.3, 0.4) is 0 Å². The average molecular weight is 331 g/mol. The van der Waals surface area contributed by atoms with E-state index in [4.69, 9.17) is 15.2 Å². The van der Waals surface area contributed by atoms with Crippen LogP contribution in [0.25, 0.3) is 10.9 Å². The van der Waals surface area contributed by atoms with Crippen molar-refractivity contribution in [3.05, 3.63) is 35.9 Å². The van der Waals surface area contributed by atoms with Crippen molar-refractivity contribution < 1.29 is 14.3 Å². The number of ether oxygens (including phenoxy) is 2. The lowest BCUT2D eigenvalue weighted by Crippen LogP contribution is -2.41. The quantitative estimate of drug-likeness (QED) is 0.879. The van der Waals surface area contributed by atoms with Crippen molar-refractivity contribution in [3.63, 3.8) is 0 Å². The van der Waals surface area contributed by atoms with Crippen LogP contribution in [-0.4, -0.2) is 36.4 Å². The molecular weight excluding hydrogens is 306 g/mol. The average Bonchev–Trinajstić information content (AvgIpc) is 2.50. The van der Waals surface area contributed by atoms with Crippen LogP contribution in [0.1, 0.15) is 26.3 Å². The molecule has 2 aromatic rings. The van der Waals surface area contributed by atoms with Gasteiger partial charge in [-0.05, 0) is 39.3 Å². The molecule has 0 fully saturated rings. The van der Waals surface area contributed by atoms with Crippen molar-refractivity contribution in [1.82, 2.24) is 10.3 Å². The van der Waals surface area contributed by atoms with Crippen molar-refractivity contribution in [2.24, 2.45) is 5.73 Å². The first-order chi connectivity index (χ1) is 11.3. The van der Waals surface area contributed by atoms with Crippen molar-refractivity contribution in [3.8, 4) is 5.88 Å². The third-order valence-electron chi connectivity index (χ3n) is 3.35. The van der Waals surface area contributed by atoms with E-state index in [1.54, 1.807) is 7.11 Å². The van der Waals surface area contributed by atoms with Gasteiger partial charge in [-0.25, -0.2) is 9.78 Å². The van der Waals surface area contributed by atoms with Crippen LogP contribution in [0.15, 0.2) is 30.3 Å². The van der Waals surface area contributed by atoms with Crippen molar-refractivity contribution in [1.29, 1.82) is 0 Å². The zero-order valence-electron chi connectivity index (χ0n) is 14.6. The van der Waals surface area contributed by atoms with Gasteiger partial charge in [-0.2, -0.15) is 0 Å². The summed E-state index contributed by atoms with van der Waals surface area (Å²) in [6, 6.07) is 9.58. The largest absolute Gasteiger partial charge is 0.481 e. The molecule has 0 aliphatic rings. The van der Waals surface area contributed by atoms with Crippen LogP contribution >= 0.6 is 0 Å². The number of carbonyl (C=O) groups is 1. The molecule has 0 saturated heterocycles. The summed E-state index contributed by atoms with van der Waals surface area (Å²) in [7, 11) is 1.59. The Hall–Kier alpha value is -2.34. The number of methoxy groups -OCH3 is 1. The molecule has 0 aliphatic heterocycles. The summed E-state index contributed by atoms with van der Waals surface area (Å²) in [4.78, 5) is 16.2. The topological polar surface area (TPSA) is 86.5 Å². The number of hydrogen-bond acceptors (Lipinski definition) is 5. The van der Waals surface area contributed by atoms with Crippen molar-refractivity contribution >= 4 is 17.0 Å². The zero-order chi connectivity index (χ0) is 17.7. The minimum Gasteiger partial charge on any atom is -0.481 e. The number of aromatic nitrogens is 1. The number of nitrogens with zero attached hydrogens (tertiary/aromatic N) is 1. The molecule has 24 heavy (non-hydrogen) atoms. The van der Waals surface area contributed by atoms with E-state index in [0.717, 1.165) is 16.5 Å². The van der Waals surface area contributed by atoms with Gasteiger partial charge in [0.05, 0.1) is 12.6 Å². The number of pyridine rings is 1. The number of hydrogen-bond donors (Lipinski definition) is 2. The van der Waals surface area contributed by atoms with Gasteiger partial charge in [0.1, 0.15) is 5.60 Å². The molecule has 1 unspecified atom stereocenters. The molecule has 1 aromatic carbocycles. The predicted octanol–water partition coefficient (Wildman–Crippen LogP) is 2.64. The number of carbonyl (C=O) groups excluding carboxylic acids is 1. The highest BCUT2D eigenvalue weighted by Gasteiger charge is 2.17. The highest BCUT2D eigenvalue weighted by atomic mass is 16.6. The Morgan fingerprint density at radius 1 is 1.33 bits per heavy atom. The Bertz CT molecular complexity index is 710. The molecule has 0 spiro atoms. The lowest BCUT2D eigenvalue weighted by Gasteiger charge is -2.21. The number of fused-ring (bicyclic) bond motifs is 1. The van der Waals surface area contributed by atoms with Gasteiger partial charge in [0.2, 0.25) is 5.88 Å². The second-order valence-electron chi connectivity index (χ2n) is 6.70. The van der Waals surface area contributed by atoms with E-state index < -0.39 is 11.7 Å². The van der Waals surface area contributed by atoms with Crippen LogP contribution in [-0.2, 0) is 11.2 Å². The van der Waals surface area contributed by atoms with E-state index >= 15 is 0 Å². The summed E-state index contributed by atoms with van der Waals surface area (Å²) in [5.74, 6) is 0.557. The van der Waals surface area contributed by atoms with Crippen LogP contribution in [0.5, 0.6) is 5.88 Å². The molecule has 0 saturated carbocycles. The third-order valence-corrected chi connectivity index (χ3v) is 3.35. The Balaban J connectivity index is 2.02. The van der Waals surface area contributed by atoms with Crippen molar-refractivity contribution in [2.45, 2.75) is 38.8 Å². The summed E-state index contributed by atoms with van der Waals surface area (Å²) >= 11 is 0. The SMILES string of the molecule is COc1nc2ccccc2cc1CC(N)CNC(=O)OC(C)(C)C. The Kier molecular flexibility index (Phi) is 5.62. The molecule has 6 heteroatoms. The minimum absolute atomic E-state index is 0.269. The van der Waals surface area contributed by atoms with Crippen molar-refractivity contribution in [2.75, 3.05) is 13.7 Å². The fourth-order valence-corrected chi connectivity index (χ4v) is 2.35. The predicted molar refractivity (Wildman–Crippen MR) is 94.2 cm³/mol. The van der Waals surface area contributed by atoms with Crippen LogP contribution in [0, 0.1) is 0 Å². The Morgan fingerprint density at radius 3 is 2.71 bits per heavy atom. The Labute approximate surface area is 142 Å². The summed E-state index contributed by atoms with van der Waals surface area (Å²) in [6.07, 6.45) is 0.0677. The number of benzene rings is 1. The number of rotatable bonds is 5. The molecule has 0 aliphatic carbocycles. The first-order valence-corrected chi connectivity index (χ1v) is 7.93. The van der Waals surface area contributed by atoms with Gasteiger partial charge in [0, 0.05) is 23.5 Å². The maximum atomic E-state index is 11.7. The zero-order valence-corrected chi connectivity index (χ0v) is 14.6. The maximum absolute atomic E-state index is 11.7. The molecule has 1 atom stereocenters. The maximum Gasteiger partial charge on any atom is 0.407 e. The number of amides is 1. The van der Waals surface area contributed by atoms with Gasteiger partial charge in [-0.3, -0.25) is 0 Å². The molecule has 3 N–H and O–H groups in total. The summed E-state index contributed by atoms with van der Waals surface area (Å²) in [5, 5.41) is 3.71. The molecule has 2 rings (SSSR count). The number of nitrogens with one attached hydrogen (secondary N) is 1. The lowest BCUT2D eigenvalue weighted by molar-refractivity contribution is 0.0524. The molecule has 1 aromatic heterocycles. The van der Waals surface area contributed by atoms with Gasteiger partial charge < -0.3 is 20.5 Å². The highest BCUT2D eigenvalue weighted by molar-refractivity contribution is 5.80. The molecular formula is C18H25N3O3. The number of para-hydroxylation sites is 1. The van der Waals surface area contributed by atoms with E-state index in [0.29, 0.717) is 18.8 Å². The van der Waals surface area contributed by atoms with Gasteiger partial charge in [-0.1, -0.05) is 18.2 Å². The smallest absolute Gasteiger partial charge is 0.407 e. The third kappa shape index (κ3) is 5.09. The Morgan fingerprint density at radius 2 is 2.04 bits per heavy atom. The number of alkyl carbamates (subject to hydrolysis) is 1. The molecule has 130 valence electrons. The molecule has 1 amide bonds. The summed E-state index contributed by atoms with van der Waals surface area (Å²) in [6.45, 7) is 5.76. The second kappa shape index (κ2) is 7.49. The first kappa shape index (κ1) is 18.0. The molecule has 0 radical (unpaired) electrons. The summed E-state index contributed by atoms with van der Waals surface area (Å²) < 4.78 is 10.6. The van der Waals surface area contributed by atoms with Crippen LogP contribution in [0.2, 0.25) is 0 Å².